The van der Waals surface area contributed by atoms with Crippen LogP contribution in [0, 0.1) is 0 Å². The van der Waals surface area contributed by atoms with E-state index >= 15 is 0 Å². The van der Waals surface area contributed by atoms with Crippen LogP contribution in [-0.2, 0) is 16.3 Å². The number of nitrogens with zero attached hydrogens (tertiary/aromatic N) is 1. The Hall–Kier alpha value is -2.64. The molecule has 28 heavy (non-hydrogen) atoms. The molecule has 6 nitrogen and oxygen atoms in total. The third-order valence-corrected chi connectivity index (χ3v) is 7.49. The first-order chi connectivity index (χ1) is 13.6. The van der Waals surface area contributed by atoms with E-state index in [1.54, 1.807) is 24.4 Å². The Balaban J connectivity index is 1.66. The summed E-state index contributed by atoms with van der Waals surface area (Å²) in [4.78, 5) is 8.21. The van der Waals surface area contributed by atoms with Crippen molar-refractivity contribution < 1.29 is 13.2 Å². The van der Waals surface area contributed by atoms with Gasteiger partial charge in [0.2, 0.25) is 9.84 Å². The zero-order valence-corrected chi connectivity index (χ0v) is 16.1. The van der Waals surface area contributed by atoms with Crippen molar-refractivity contribution in [2.24, 2.45) is 5.73 Å². The molecule has 144 valence electrons. The van der Waals surface area contributed by atoms with Crippen LogP contribution in [0.4, 0.5) is 0 Å². The molecule has 0 saturated heterocycles. The second-order valence-electron chi connectivity index (χ2n) is 7.33. The second-order valence-corrected chi connectivity index (χ2v) is 9.22. The Kier molecular flexibility index (Phi) is 4.03. The lowest BCUT2D eigenvalue weighted by atomic mass is 9.92. The zero-order chi connectivity index (χ0) is 19.3. The maximum absolute atomic E-state index is 13.5. The van der Waals surface area contributed by atoms with Crippen molar-refractivity contribution in [3.63, 3.8) is 0 Å². The molecule has 1 unspecified atom stereocenters. The van der Waals surface area contributed by atoms with E-state index in [1.807, 2.05) is 12.3 Å². The second kappa shape index (κ2) is 6.46. The minimum atomic E-state index is -3.71. The van der Waals surface area contributed by atoms with Crippen LogP contribution in [0.1, 0.15) is 30.4 Å². The van der Waals surface area contributed by atoms with E-state index in [2.05, 4.69) is 16.0 Å². The van der Waals surface area contributed by atoms with Crippen LogP contribution in [-0.4, -0.2) is 31.0 Å². The Morgan fingerprint density at radius 3 is 2.89 bits per heavy atom. The van der Waals surface area contributed by atoms with Gasteiger partial charge in [0.25, 0.3) is 0 Å². The number of hydrogen-bond acceptors (Lipinski definition) is 5. The van der Waals surface area contributed by atoms with Crippen LogP contribution in [0.5, 0.6) is 5.75 Å². The third-order valence-electron chi connectivity index (χ3n) is 5.60. The lowest BCUT2D eigenvalue weighted by molar-refractivity contribution is 0.357. The van der Waals surface area contributed by atoms with E-state index in [0.717, 1.165) is 30.4 Å². The smallest absolute Gasteiger partial charge is 0.209 e. The number of benzene rings is 1. The van der Waals surface area contributed by atoms with Gasteiger partial charge in [0.1, 0.15) is 5.75 Å². The minimum Gasteiger partial charge on any atom is -0.493 e. The fraction of sp³-hybridized carbons (Fsp3) is 0.286. The van der Waals surface area contributed by atoms with Gasteiger partial charge in [-0.25, -0.2) is 8.42 Å². The quantitative estimate of drug-likeness (QED) is 0.709. The van der Waals surface area contributed by atoms with Gasteiger partial charge in [-0.05, 0) is 43.0 Å². The lowest BCUT2D eigenvalue weighted by Crippen LogP contribution is -2.21. The highest BCUT2D eigenvalue weighted by Gasteiger charge is 2.29. The largest absolute Gasteiger partial charge is 0.493 e. The molecule has 1 aromatic carbocycles. The molecule has 3 heterocycles. The van der Waals surface area contributed by atoms with Crippen LogP contribution in [0.25, 0.3) is 16.6 Å². The number of ether oxygens (including phenoxy) is 1. The maximum atomic E-state index is 13.5. The van der Waals surface area contributed by atoms with Gasteiger partial charge in [-0.3, -0.25) is 4.98 Å². The zero-order valence-electron chi connectivity index (χ0n) is 15.3. The number of nitrogens with one attached hydrogen (secondary N) is 1. The molecule has 0 amide bonds. The van der Waals surface area contributed by atoms with Crippen molar-refractivity contribution in [1.82, 2.24) is 9.97 Å². The number of aromatic amines is 1. The lowest BCUT2D eigenvalue weighted by Gasteiger charge is -2.17. The molecule has 0 saturated carbocycles. The molecule has 2 aromatic heterocycles. The number of hydrogen-bond donors (Lipinski definition) is 2. The minimum absolute atomic E-state index is 0.195. The van der Waals surface area contributed by atoms with Crippen LogP contribution >= 0.6 is 0 Å². The van der Waals surface area contributed by atoms with E-state index in [9.17, 15) is 8.42 Å². The molecule has 1 atom stereocenters. The van der Waals surface area contributed by atoms with Gasteiger partial charge in [0.05, 0.1) is 27.4 Å². The SMILES string of the molecule is NC1CC=C(c2c[nH]c3c(S(=O)(=O)c4cccc5c4CCO5)ccnc23)CC1. The molecule has 0 radical (unpaired) electrons. The van der Waals surface area contributed by atoms with Crippen molar-refractivity contribution in [1.29, 1.82) is 0 Å². The van der Waals surface area contributed by atoms with E-state index < -0.39 is 9.84 Å². The summed E-state index contributed by atoms with van der Waals surface area (Å²) in [6.07, 6.45) is 8.79. The first-order valence-electron chi connectivity index (χ1n) is 9.46. The van der Waals surface area contributed by atoms with Crippen molar-refractivity contribution in [3.8, 4) is 5.75 Å². The number of nitrogens with two attached hydrogens (primary N) is 1. The molecule has 7 heteroatoms. The van der Waals surface area contributed by atoms with Crippen molar-refractivity contribution in [2.75, 3.05) is 6.61 Å². The number of sulfone groups is 1. The van der Waals surface area contributed by atoms with Gasteiger partial charge < -0.3 is 15.5 Å². The third kappa shape index (κ3) is 2.65. The summed E-state index contributed by atoms with van der Waals surface area (Å²) in [5.74, 6) is 0.655. The summed E-state index contributed by atoms with van der Waals surface area (Å²) >= 11 is 0. The molecule has 1 aliphatic carbocycles. The first-order valence-corrected chi connectivity index (χ1v) is 10.9. The number of aromatic nitrogens is 2. The molecule has 0 spiro atoms. The van der Waals surface area contributed by atoms with E-state index in [4.69, 9.17) is 10.5 Å². The van der Waals surface area contributed by atoms with Crippen LogP contribution in [0.15, 0.2) is 52.5 Å². The molecule has 3 N–H and O–H groups in total. The van der Waals surface area contributed by atoms with E-state index in [-0.39, 0.29) is 10.9 Å². The van der Waals surface area contributed by atoms with Gasteiger partial charge in [0, 0.05) is 36.0 Å². The Morgan fingerprint density at radius 2 is 2.07 bits per heavy atom. The number of H-pyrrole nitrogens is 1. The molecular formula is C21H21N3O3S. The van der Waals surface area contributed by atoms with Crippen molar-refractivity contribution in [2.45, 2.75) is 41.5 Å². The molecule has 0 bridgehead atoms. The fourth-order valence-corrected chi connectivity index (χ4v) is 5.81. The van der Waals surface area contributed by atoms with Gasteiger partial charge >= 0.3 is 0 Å². The summed E-state index contributed by atoms with van der Waals surface area (Å²) in [7, 11) is -3.71. The van der Waals surface area contributed by atoms with Crippen molar-refractivity contribution in [3.05, 3.63) is 53.9 Å². The molecule has 1 aliphatic heterocycles. The molecule has 5 rings (SSSR count). The van der Waals surface area contributed by atoms with Gasteiger partial charge in [-0.1, -0.05) is 12.1 Å². The van der Waals surface area contributed by atoms with Gasteiger partial charge in [0.15, 0.2) is 0 Å². The average Bonchev–Trinajstić information content (AvgIpc) is 3.35. The predicted octanol–water partition coefficient (Wildman–Crippen LogP) is 3.23. The number of rotatable bonds is 3. The summed E-state index contributed by atoms with van der Waals surface area (Å²) < 4.78 is 32.6. The van der Waals surface area contributed by atoms with Gasteiger partial charge in [-0.15, -0.1) is 0 Å². The average molecular weight is 395 g/mol. The molecule has 3 aromatic rings. The van der Waals surface area contributed by atoms with Crippen molar-refractivity contribution >= 4 is 26.4 Å². The standard InChI is InChI=1S/C21H21N3O3S/c22-14-6-4-13(5-7-14)16-12-24-21-19(8-10-23-20(16)21)28(25,26)18-3-1-2-17-15(18)9-11-27-17/h1-4,8,10,12,14,24H,5-7,9,11,22H2. The van der Waals surface area contributed by atoms with Crippen LogP contribution < -0.4 is 10.5 Å². The maximum Gasteiger partial charge on any atom is 0.209 e. The highest BCUT2D eigenvalue weighted by Crippen LogP contribution is 2.37. The normalized spacial score (nSPS) is 19.3. The summed E-state index contributed by atoms with van der Waals surface area (Å²) in [5, 5.41) is 0. The van der Waals surface area contributed by atoms with E-state index in [0.29, 0.717) is 34.7 Å². The summed E-state index contributed by atoms with van der Waals surface area (Å²) in [5.41, 5.74) is 10.1. The highest BCUT2D eigenvalue weighted by molar-refractivity contribution is 7.91. The van der Waals surface area contributed by atoms with Crippen LogP contribution in [0.2, 0.25) is 0 Å². The molecule has 0 fully saturated rings. The monoisotopic (exact) mass is 395 g/mol. The topological polar surface area (TPSA) is 98.1 Å². The number of allylic oxidation sites excluding steroid dienone is 1. The fourth-order valence-electron chi connectivity index (χ4n) is 4.13. The van der Waals surface area contributed by atoms with Crippen LogP contribution in [0.3, 0.4) is 0 Å². The van der Waals surface area contributed by atoms with E-state index in [1.165, 1.54) is 5.57 Å². The highest BCUT2D eigenvalue weighted by atomic mass is 32.2. The number of pyridine rings is 1. The molecule has 2 aliphatic rings. The first kappa shape index (κ1) is 17.5. The molecular weight excluding hydrogens is 374 g/mol. The number of fused-ring (bicyclic) bond motifs is 2. The Labute approximate surface area is 163 Å². The Bertz CT molecular complexity index is 1210. The van der Waals surface area contributed by atoms with Gasteiger partial charge in [-0.2, -0.15) is 0 Å². The Morgan fingerprint density at radius 1 is 1.18 bits per heavy atom. The summed E-state index contributed by atoms with van der Waals surface area (Å²) in [6, 6.07) is 6.96. The predicted molar refractivity (Wildman–Crippen MR) is 107 cm³/mol. The summed E-state index contributed by atoms with van der Waals surface area (Å²) in [6.45, 7) is 0.510.